The van der Waals surface area contributed by atoms with Gasteiger partial charge in [-0.05, 0) is 30.9 Å². The molecule has 0 atom stereocenters. The number of rotatable bonds is 3. The van der Waals surface area contributed by atoms with Crippen molar-refractivity contribution in [3.63, 3.8) is 0 Å². The number of aromatic hydroxyl groups is 1. The van der Waals surface area contributed by atoms with Crippen LogP contribution >= 0.6 is 0 Å². The molecule has 1 aromatic rings. The molecule has 110 valence electrons. The van der Waals surface area contributed by atoms with Crippen LogP contribution in [0.2, 0.25) is 0 Å². The van der Waals surface area contributed by atoms with Gasteiger partial charge in [0.15, 0.2) is 11.6 Å². The van der Waals surface area contributed by atoms with Crippen molar-refractivity contribution in [2.24, 2.45) is 5.92 Å². The quantitative estimate of drug-likeness (QED) is 0.893. The van der Waals surface area contributed by atoms with E-state index in [4.69, 9.17) is 0 Å². The van der Waals surface area contributed by atoms with Gasteiger partial charge in [-0.2, -0.15) is 0 Å². The number of phenols is 1. The molecule has 2 N–H and O–H groups in total. The standard InChI is InChI=1S/C14H18F2N2O2/c1-9-4-6-18(7-5-9)8-17-14(20)12-10(15)2-3-11(19)13(12)16/h2-3,9,19H,4-8H2,1H3,(H,17,20). The van der Waals surface area contributed by atoms with E-state index < -0.39 is 28.9 Å². The molecule has 1 saturated heterocycles. The molecule has 1 heterocycles. The van der Waals surface area contributed by atoms with E-state index in [9.17, 15) is 18.7 Å². The molecule has 6 heteroatoms. The summed E-state index contributed by atoms with van der Waals surface area (Å²) in [5.41, 5.74) is -0.740. The minimum Gasteiger partial charge on any atom is -0.505 e. The van der Waals surface area contributed by atoms with E-state index in [1.165, 1.54) is 0 Å². The van der Waals surface area contributed by atoms with Crippen LogP contribution in [0.1, 0.15) is 30.1 Å². The number of likely N-dealkylation sites (tertiary alicyclic amines) is 1. The van der Waals surface area contributed by atoms with E-state index in [1.54, 1.807) is 0 Å². The fraction of sp³-hybridized carbons (Fsp3) is 0.500. The highest BCUT2D eigenvalue weighted by molar-refractivity contribution is 5.95. The van der Waals surface area contributed by atoms with E-state index in [1.807, 2.05) is 4.90 Å². The number of piperidine rings is 1. The lowest BCUT2D eigenvalue weighted by atomic mass is 10.00. The number of hydrogen-bond donors (Lipinski definition) is 2. The molecule has 4 nitrogen and oxygen atoms in total. The Morgan fingerprint density at radius 1 is 1.40 bits per heavy atom. The Balaban J connectivity index is 1.97. The van der Waals surface area contributed by atoms with E-state index >= 15 is 0 Å². The zero-order valence-electron chi connectivity index (χ0n) is 11.3. The van der Waals surface area contributed by atoms with Crippen LogP contribution in [0.5, 0.6) is 5.75 Å². The molecule has 1 aliphatic rings. The third-order valence-corrected chi connectivity index (χ3v) is 3.64. The molecular weight excluding hydrogens is 266 g/mol. The summed E-state index contributed by atoms with van der Waals surface area (Å²) >= 11 is 0. The molecule has 0 radical (unpaired) electrons. The third-order valence-electron chi connectivity index (χ3n) is 3.64. The van der Waals surface area contributed by atoms with Crippen LogP contribution in [0.4, 0.5) is 8.78 Å². The molecule has 0 unspecified atom stereocenters. The van der Waals surface area contributed by atoms with Gasteiger partial charge >= 0.3 is 0 Å². The first kappa shape index (κ1) is 14.7. The fourth-order valence-corrected chi connectivity index (χ4v) is 2.24. The number of halogens is 2. The number of carbonyl (C=O) groups excluding carboxylic acids is 1. The minimum absolute atomic E-state index is 0.250. The summed E-state index contributed by atoms with van der Waals surface area (Å²) in [4.78, 5) is 13.8. The Morgan fingerprint density at radius 2 is 2.05 bits per heavy atom. The highest BCUT2D eigenvalue weighted by Gasteiger charge is 2.21. The number of phenolic OH excluding ortho intramolecular Hbond substituents is 1. The maximum Gasteiger partial charge on any atom is 0.258 e. The molecular formula is C14H18F2N2O2. The lowest BCUT2D eigenvalue weighted by Crippen LogP contribution is -2.42. The molecule has 1 fully saturated rings. The SMILES string of the molecule is CC1CCN(CNC(=O)c2c(F)ccc(O)c2F)CC1. The van der Waals surface area contributed by atoms with Crippen molar-refractivity contribution in [2.45, 2.75) is 19.8 Å². The highest BCUT2D eigenvalue weighted by Crippen LogP contribution is 2.21. The second-order valence-corrected chi connectivity index (χ2v) is 5.22. The van der Waals surface area contributed by atoms with Crippen LogP contribution in [-0.2, 0) is 0 Å². The summed E-state index contributed by atoms with van der Waals surface area (Å²) in [6.45, 7) is 4.13. The number of carbonyl (C=O) groups is 1. The summed E-state index contributed by atoms with van der Waals surface area (Å²) in [6.07, 6.45) is 2.09. The number of nitrogens with one attached hydrogen (secondary N) is 1. The van der Waals surface area contributed by atoms with Gasteiger partial charge in [-0.15, -0.1) is 0 Å². The largest absolute Gasteiger partial charge is 0.505 e. The minimum atomic E-state index is -1.23. The molecule has 20 heavy (non-hydrogen) atoms. The first-order valence-corrected chi connectivity index (χ1v) is 6.66. The molecule has 1 aromatic carbocycles. The molecule has 1 amide bonds. The fourth-order valence-electron chi connectivity index (χ4n) is 2.24. The summed E-state index contributed by atoms with van der Waals surface area (Å²) < 4.78 is 27.0. The Morgan fingerprint density at radius 3 is 2.70 bits per heavy atom. The van der Waals surface area contributed by atoms with E-state index in [0.717, 1.165) is 38.1 Å². The van der Waals surface area contributed by atoms with Gasteiger partial charge in [0.2, 0.25) is 0 Å². The Bertz CT molecular complexity index is 500. The monoisotopic (exact) mass is 284 g/mol. The van der Waals surface area contributed by atoms with Crippen LogP contribution in [0.15, 0.2) is 12.1 Å². The number of benzene rings is 1. The number of amides is 1. The smallest absolute Gasteiger partial charge is 0.258 e. The zero-order valence-corrected chi connectivity index (χ0v) is 11.3. The predicted octanol–water partition coefficient (Wildman–Crippen LogP) is 2.09. The second-order valence-electron chi connectivity index (χ2n) is 5.22. The molecule has 0 aliphatic carbocycles. The molecule has 0 bridgehead atoms. The average molecular weight is 284 g/mol. The van der Waals surface area contributed by atoms with E-state index in [-0.39, 0.29) is 6.67 Å². The number of hydrogen-bond acceptors (Lipinski definition) is 3. The maximum absolute atomic E-state index is 13.6. The zero-order chi connectivity index (χ0) is 14.7. The molecule has 2 rings (SSSR count). The molecule has 1 aliphatic heterocycles. The van der Waals surface area contributed by atoms with Crippen molar-refractivity contribution in [3.8, 4) is 5.75 Å². The van der Waals surface area contributed by atoms with Crippen molar-refractivity contribution >= 4 is 5.91 Å². The summed E-state index contributed by atoms with van der Waals surface area (Å²) in [5.74, 6) is -3.12. The normalized spacial score (nSPS) is 17.1. The van der Waals surface area contributed by atoms with Gasteiger partial charge in [0, 0.05) is 13.1 Å². The topological polar surface area (TPSA) is 52.6 Å². The predicted molar refractivity (Wildman–Crippen MR) is 70.3 cm³/mol. The van der Waals surface area contributed by atoms with E-state index in [0.29, 0.717) is 5.92 Å². The van der Waals surface area contributed by atoms with Crippen LogP contribution in [0.25, 0.3) is 0 Å². The summed E-state index contributed by atoms with van der Waals surface area (Å²) in [5, 5.41) is 11.7. The van der Waals surface area contributed by atoms with Crippen LogP contribution in [0, 0.1) is 17.6 Å². The first-order valence-electron chi connectivity index (χ1n) is 6.66. The highest BCUT2D eigenvalue weighted by atomic mass is 19.1. The summed E-state index contributed by atoms with van der Waals surface area (Å²) in [7, 11) is 0. The van der Waals surface area contributed by atoms with Gasteiger partial charge in [-0.25, -0.2) is 8.78 Å². The number of nitrogens with zero attached hydrogens (tertiary/aromatic N) is 1. The lowest BCUT2D eigenvalue weighted by molar-refractivity contribution is 0.0896. The van der Waals surface area contributed by atoms with Gasteiger partial charge in [0.05, 0.1) is 6.67 Å². The van der Waals surface area contributed by atoms with Crippen molar-refractivity contribution < 1.29 is 18.7 Å². The Kier molecular flexibility index (Phi) is 4.54. The molecule has 0 aromatic heterocycles. The van der Waals surface area contributed by atoms with Gasteiger partial charge in [-0.1, -0.05) is 6.92 Å². The van der Waals surface area contributed by atoms with Crippen LogP contribution < -0.4 is 5.32 Å². The second kappa shape index (κ2) is 6.17. The molecule has 0 saturated carbocycles. The van der Waals surface area contributed by atoms with Gasteiger partial charge in [0.25, 0.3) is 5.91 Å². The Labute approximate surface area is 116 Å². The van der Waals surface area contributed by atoms with Crippen LogP contribution in [-0.4, -0.2) is 35.7 Å². The Hall–Kier alpha value is -1.69. The average Bonchev–Trinajstić information content (AvgIpc) is 2.43. The van der Waals surface area contributed by atoms with Gasteiger partial charge < -0.3 is 10.4 Å². The van der Waals surface area contributed by atoms with Crippen molar-refractivity contribution in [2.75, 3.05) is 19.8 Å². The van der Waals surface area contributed by atoms with Crippen LogP contribution in [0.3, 0.4) is 0 Å². The van der Waals surface area contributed by atoms with Gasteiger partial charge in [0.1, 0.15) is 11.4 Å². The maximum atomic E-state index is 13.6. The van der Waals surface area contributed by atoms with Crippen molar-refractivity contribution in [1.82, 2.24) is 10.2 Å². The lowest BCUT2D eigenvalue weighted by Gasteiger charge is -2.30. The van der Waals surface area contributed by atoms with Crippen molar-refractivity contribution in [1.29, 1.82) is 0 Å². The first-order chi connectivity index (χ1) is 9.49. The van der Waals surface area contributed by atoms with Gasteiger partial charge in [-0.3, -0.25) is 9.69 Å². The third kappa shape index (κ3) is 3.25. The van der Waals surface area contributed by atoms with E-state index in [2.05, 4.69) is 12.2 Å². The van der Waals surface area contributed by atoms with Crippen molar-refractivity contribution in [3.05, 3.63) is 29.3 Å². The summed E-state index contributed by atoms with van der Waals surface area (Å²) in [6, 6.07) is 1.75. The molecule has 0 spiro atoms.